The molecule has 1 aromatic rings. The molecular formula is C10H15F3N4O. The molecule has 5 nitrogen and oxygen atoms in total. The van der Waals surface area contributed by atoms with Gasteiger partial charge in [-0.3, -0.25) is 4.79 Å². The van der Waals surface area contributed by atoms with Gasteiger partial charge >= 0.3 is 6.18 Å². The van der Waals surface area contributed by atoms with Crippen molar-refractivity contribution in [1.29, 1.82) is 0 Å². The van der Waals surface area contributed by atoms with E-state index in [-0.39, 0.29) is 24.7 Å². The molecule has 0 aliphatic rings. The van der Waals surface area contributed by atoms with Crippen molar-refractivity contribution in [1.82, 2.24) is 20.2 Å². The average Bonchev–Trinajstić information content (AvgIpc) is 2.68. The van der Waals surface area contributed by atoms with Gasteiger partial charge in [0.2, 0.25) is 5.91 Å². The van der Waals surface area contributed by atoms with E-state index in [1.54, 1.807) is 7.05 Å². The summed E-state index contributed by atoms with van der Waals surface area (Å²) in [5.74, 6) is -0.0453. The van der Waals surface area contributed by atoms with Gasteiger partial charge in [-0.2, -0.15) is 13.2 Å². The van der Waals surface area contributed by atoms with Crippen molar-refractivity contribution in [3.05, 3.63) is 18.2 Å². The average molecular weight is 264 g/mol. The van der Waals surface area contributed by atoms with E-state index in [4.69, 9.17) is 0 Å². The Hall–Kier alpha value is -1.57. The molecule has 0 fully saturated rings. The lowest BCUT2D eigenvalue weighted by Gasteiger charge is -2.11. The molecular weight excluding hydrogens is 249 g/mol. The number of carbonyl (C=O) groups excluding carboxylic acids is 1. The molecule has 0 unspecified atom stereocenters. The Morgan fingerprint density at radius 2 is 2.22 bits per heavy atom. The van der Waals surface area contributed by atoms with Gasteiger partial charge in [-0.15, -0.1) is 0 Å². The molecule has 102 valence electrons. The first-order valence-corrected chi connectivity index (χ1v) is 5.40. The summed E-state index contributed by atoms with van der Waals surface area (Å²) in [6, 6.07) is 0. The third kappa shape index (κ3) is 5.17. The molecule has 0 spiro atoms. The van der Waals surface area contributed by atoms with Crippen LogP contribution >= 0.6 is 0 Å². The molecule has 18 heavy (non-hydrogen) atoms. The summed E-state index contributed by atoms with van der Waals surface area (Å²) in [6.07, 6.45) is -1.51. The summed E-state index contributed by atoms with van der Waals surface area (Å²) in [6.45, 7) is -0.594. The first kappa shape index (κ1) is 14.5. The lowest BCUT2D eigenvalue weighted by Crippen LogP contribution is -2.28. The smallest absolute Gasteiger partial charge is 0.349 e. The summed E-state index contributed by atoms with van der Waals surface area (Å²) >= 11 is 0. The Morgan fingerprint density at radius 3 is 2.83 bits per heavy atom. The molecule has 8 heteroatoms. The Labute approximate surface area is 102 Å². The lowest BCUT2D eigenvalue weighted by atomic mass is 10.4. The van der Waals surface area contributed by atoms with Crippen molar-refractivity contribution in [2.75, 3.05) is 13.6 Å². The maximum absolute atomic E-state index is 12.2. The van der Waals surface area contributed by atoms with E-state index in [1.807, 2.05) is 0 Å². The molecule has 0 aliphatic carbocycles. The van der Waals surface area contributed by atoms with Gasteiger partial charge in [0, 0.05) is 25.4 Å². The van der Waals surface area contributed by atoms with Crippen LogP contribution in [0.1, 0.15) is 12.2 Å². The van der Waals surface area contributed by atoms with Gasteiger partial charge in [0.25, 0.3) is 0 Å². The van der Waals surface area contributed by atoms with E-state index < -0.39 is 12.7 Å². The van der Waals surface area contributed by atoms with Crippen LogP contribution in [-0.4, -0.2) is 35.2 Å². The maximum atomic E-state index is 12.2. The molecule has 0 saturated carbocycles. The highest BCUT2D eigenvalue weighted by Crippen LogP contribution is 2.18. The number of nitrogens with zero attached hydrogens (tertiary/aromatic N) is 2. The SMILES string of the molecule is CNCCC(=O)NCc1nccn1CC(F)(F)F. The van der Waals surface area contributed by atoms with E-state index in [2.05, 4.69) is 15.6 Å². The fourth-order valence-electron chi connectivity index (χ4n) is 1.35. The van der Waals surface area contributed by atoms with Crippen LogP contribution in [-0.2, 0) is 17.9 Å². The van der Waals surface area contributed by atoms with Crippen molar-refractivity contribution in [3.63, 3.8) is 0 Å². The lowest BCUT2D eigenvalue weighted by molar-refractivity contribution is -0.141. The Balaban J connectivity index is 2.48. The van der Waals surface area contributed by atoms with Crippen LogP contribution in [0, 0.1) is 0 Å². The first-order chi connectivity index (χ1) is 8.42. The minimum atomic E-state index is -4.30. The number of imidazole rings is 1. The van der Waals surface area contributed by atoms with Crippen molar-refractivity contribution in [2.24, 2.45) is 0 Å². The fourth-order valence-corrected chi connectivity index (χ4v) is 1.35. The number of nitrogens with one attached hydrogen (secondary N) is 2. The number of aromatic nitrogens is 2. The van der Waals surface area contributed by atoms with Gasteiger partial charge in [0.05, 0.1) is 6.54 Å². The van der Waals surface area contributed by atoms with Crippen molar-refractivity contribution in [2.45, 2.75) is 25.7 Å². The van der Waals surface area contributed by atoms with Gasteiger partial charge in [0.1, 0.15) is 12.4 Å². The third-order valence-corrected chi connectivity index (χ3v) is 2.20. The largest absolute Gasteiger partial charge is 0.406 e. The highest BCUT2D eigenvalue weighted by molar-refractivity contribution is 5.75. The standard InChI is InChI=1S/C10H15F3N4O/c1-14-3-2-9(18)16-6-8-15-4-5-17(8)7-10(11,12)13/h4-5,14H,2-3,6-7H2,1H3,(H,16,18). The Morgan fingerprint density at radius 1 is 1.50 bits per heavy atom. The van der Waals surface area contributed by atoms with Crippen LogP contribution in [0.3, 0.4) is 0 Å². The van der Waals surface area contributed by atoms with Gasteiger partial charge in [-0.1, -0.05) is 0 Å². The predicted octanol–water partition coefficient (Wildman–Crippen LogP) is 0.671. The van der Waals surface area contributed by atoms with Crippen LogP contribution in [0.5, 0.6) is 0 Å². The van der Waals surface area contributed by atoms with Crippen molar-refractivity contribution >= 4 is 5.91 Å². The molecule has 0 atom stereocenters. The fraction of sp³-hybridized carbons (Fsp3) is 0.600. The second kappa shape index (κ2) is 6.39. The molecule has 1 rings (SSSR count). The number of halogens is 3. The van der Waals surface area contributed by atoms with Gasteiger partial charge in [0.15, 0.2) is 0 Å². The third-order valence-electron chi connectivity index (χ3n) is 2.20. The number of rotatable bonds is 6. The maximum Gasteiger partial charge on any atom is 0.406 e. The zero-order chi connectivity index (χ0) is 13.6. The number of amides is 1. The summed E-state index contributed by atoms with van der Waals surface area (Å²) < 4.78 is 37.6. The summed E-state index contributed by atoms with van der Waals surface area (Å²) in [5.41, 5.74) is 0. The predicted molar refractivity (Wildman–Crippen MR) is 58.7 cm³/mol. The number of hydrogen-bond donors (Lipinski definition) is 2. The monoisotopic (exact) mass is 264 g/mol. The summed E-state index contributed by atoms with van der Waals surface area (Å²) in [4.78, 5) is 15.1. The first-order valence-electron chi connectivity index (χ1n) is 5.40. The molecule has 0 radical (unpaired) electrons. The van der Waals surface area contributed by atoms with E-state index >= 15 is 0 Å². The molecule has 0 saturated heterocycles. The highest BCUT2D eigenvalue weighted by atomic mass is 19.4. The Bertz CT molecular complexity index is 389. The zero-order valence-corrected chi connectivity index (χ0v) is 9.92. The van der Waals surface area contributed by atoms with E-state index in [9.17, 15) is 18.0 Å². The van der Waals surface area contributed by atoms with Gasteiger partial charge < -0.3 is 15.2 Å². The van der Waals surface area contributed by atoms with Crippen LogP contribution < -0.4 is 10.6 Å². The molecule has 0 aromatic carbocycles. The van der Waals surface area contributed by atoms with Crippen LogP contribution in [0.4, 0.5) is 13.2 Å². The van der Waals surface area contributed by atoms with Crippen LogP contribution in [0.2, 0.25) is 0 Å². The minimum Gasteiger partial charge on any atom is -0.349 e. The molecule has 0 aliphatic heterocycles. The second-order valence-corrected chi connectivity index (χ2v) is 3.72. The second-order valence-electron chi connectivity index (χ2n) is 3.72. The van der Waals surface area contributed by atoms with Crippen LogP contribution in [0.15, 0.2) is 12.4 Å². The summed E-state index contributed by atoms with van der Waals surface area (Å²) in [7, 11) is 1.71. The number of hydrogen-bond acceptors (Lipinski definition) is 3. The van der Waals surface area contributed by atoms with Gasteiger partial charge in [-0.25, -0.2) is 4.98 Å². The van der Waals surface area contributed by atoms with Crippen molar-refractivity contribution < 1.29 is 18.0 Å². The quantitative estimate of drug-likeness (QED) is 0.794. The molecule has 1 amide bonds. The molecule has 1 heterocycles. The molecule has 0 bridgehead atoms. The minimum absolute atomic E-state index is 0.00831. The van der Waals surface area contributed by atoms with Gasteiger partial charge in [-0.05, 0) is 7.05 Å². The van der Waals surface area contributed by atoms with Crippen molar-refractivity contribution in [3.8, 4) is 0 Å². The zero-order valence-electron chi connectivity index (χ0n) is 9.92. The number of alkyl halides is 3. The van der Waals surface area contributed by atoms with E-state index in [0.29, 0.717) is 6.54 Å². The van der Waals surface area contributed by atoms with E-state index in [0.717, 1.165) is 4.57 Å². The Kier molecular flexibility index (Phi) is 5.14. The summed E-state index contributed by atoms with van der Waals surface area (Å²) in [5, 5.41) is 5.32. The topological polar surface area (TPSA) is 59.0 Å². The van der Waals surface area contributed by atoms with E-state index in [1.165, 1.54) is 12.4 Å². The van der Waals surface area contributed by atoms with Crippen LogP contribution in [0.25, 0.3) is 0 Å². The highest BCUT2D eigenvalue weighted by Gasteiger charge is 2.28. The number of carbonyl (C=O) groups is 1. The normalized spacial score (nSPS) is 11.6. The molecule has 1 aromatic heterocycles. The molecule has 2 N–H and O–H groups in total.